The smallest absolute Gasteiger partial charge is 0.228 e. The zero-order valence-corrected chi connectivity index (χ0v) is 27.1. The van der Waals surface area contributed by atoms with Crippen LogP contribution in [0.1, 0.15) is 108 Å². The summed E-state index contributed by atoms with van der Waals surface area (Å²) in [4.78, 5) is 12.5. The van der Waals surface area contributed by atoms with Crippen molar-refractivity contribution in [3.8, 4) is 5.75 Å². The second-order valence-electron chi connectivity index (χ2n) is 10.8. The van der Waals surface area contributed by atoms with E-state index in [4.69, 9.17) is 4.74 Å². The predicted octanol–water partition coefficient (Wildman–Crippen LogP) is 6.27. The van der Waals surface area contributed by atoms with Crippen molar-refractivity contribution in [1.82, 2.24) is 0 Å². The minimum atomic E-state index is -0.411. The molecular weight excluding hydrogens is 599 g/mol. The van der Waals surface area contributed by atoms with Crippen molar-refractivity contribution in [2.24, 2.45) is 0 Å². The number of rotatable bonds is 21. The van der Waals surface area contributed by atoms with E-state index in [0.717, 1.165) is 30.6 Å². The van der Waals surface area contributed by atoms with Crippen LogP contribution in [0, 0.1) is 5.82 Å². The van der Waals surface area contributed by atoms with Crippen LogP contribution in [0.25, 0.3) is 0 Å². The molecule has 0 aliphatic carbocycles. The lowest BCUT2D eigenvalue weighted by atomic mass is 10.0. The van der Waals surface area contributed by atoms with Gasteiger partial charge >= 0.3 is 0 Å². The lowest BCUT2D eigenvalue weighted by Crippen LogP contribution is -3.00. The van der Waals surface area contributed by atoms with Crippen molar-refractivity contribution in [1.29, 1.82) is 0 Å². The monoisotopic (exact) mass is 646 g/mol. The summed E-state index contributed by atoms with van der Waals surface area (Å²) < 4.78 is 22.3. The number of hydrogen-bond acceptors (Lipinski definition) is 3. The molecule has 0 bridgehead atoms. The summed E-state index contributed by atoms with van der Waals surface area (Å²) in [6.07, 6.45) is 20.5. The summed E-state index contributed by atoms with van der Waals surface area (Å²) in [7, 11) is 0. The molecule has 4 nitrogen and oxygen atoms in total. The maximum Gasteiger partial charge on any atom is 0.228 e. The fraction of sp³-hybridized carbons (Fsp3) is 0.529. The minimum absolute atomic E-state index is 0. The van der Waals surface area contributed by atoms with Crippen LogP contribution in [0.15, 0.2) is 59.6 Å². The molecule has 0 aliphatic heterocycles. The molecule has 0 saturated carbocycles. The van der Waals surface area contributed by atoms with Crippen LogP contribution in [0.5, 0.6) is 5.75 Å². The molecule has 0 spiro atoms. The number of halogens is 2. The first-order chi connectivity index (χ1) is 19.6. The second kappa shape index (κ2) is 21.5. The Morgan fingerprint density at radius 1 is 0.829 bits per heavy atom. The first kappa shape index (κ1) is 34.9. The molecule has 0 radical (unpaired) electrons. The molecule has 0 aliphatic rings. The van der Waals surface area contributed by atoms with Gasteiger partial charge in [0.1, 0.15) is 0 Å². The molecule has 41 heavy (non-hydrogen) atoms. The number of carbonyl (C=O) groups excluding carboxylic acids is 1. The summed E-state index contributed by atoms with van der Waals surface area (Å²) in [6.45, 7) is 3.59. The molecule has 3 aromatic rings. The van der Waals surface area contributed by atoms with Gasteiger partial charge in [0.2, 0.25) is 11.4 Å². The first-order valence-corrected chi connectivity index (χ1v) is 16.3. The van der Waals surface area contributed by atoms with E-state index in [9.17, 15) is 9.18 Å². The van der Waals surface area contributed by atoms with Gasteiger partial charge in [-0.25, -0.2) is 4.39 Å². The molecular formula is C34H48BrFN2O2S. The summed E-state index contributed by atoms with van der Waals surface area (Å²) in [6, 6.07) is 12.6. The van der Waals surface area contributed by atoms with Gasteiger partial charge in [0.15, 0.2) is 24.3 Å². The minimum Gasteiger partial charge on any atom is -1.00 e. The number of nitrogens with one attached hydrogen (secondary N) is 1. The van der Waals surface area contributed by atoms with Crippen LogP contribution in [-0.4, -0.2) is 12.5 Å². The number of unbranched alkanes of at least 4 members (excludes halogenated alkanes) is 13. The molecule has 7 heteroatoms. The Hall–Kier alpha value is -2.25. The molecule has 0 unspecified atom stereocenters. The quantitative estimate of drug-likeness (QED) is 0.110. The third kappa shape index (κ3) is 15.0. The Labute approximate surface area is 261 Å². The Morgan fingerprint density at radius 3 is 1.98 bits per heavy atom. The highest BCUT2D eigenvalue weighted by Crippen LogP contribution is 2.20. The molecule has 1 aromatic heterocycles. The average molecular weight is 648 g/mol. The van der Waals surface area contributed by atoms with Crippen LogP contribution in [0.3, 0.4) is 0 Å². The SMILES string of the molecule is CCCCCCCCCCCCCCCCOc1ccc(CC(=O)Nc2ccc(C[n+]3ccsc3)cc2)cc1F.[Br-]. The average Bonchev–Trinajstić information content (AvgIpc) is 3.46. The third-order valence-electron chi connectivity index (χ3n) is 7.25. The molecule has 0 atom stereocenters. The highest BCUT2D eigenvalue weighted by molar-refractivity contribution is 7.07. The van der Waals surface area contributed by atoms with Gasteiger partial charge < -0.3 is 27.0 Å². The van der Waals surface area contributed by atoms with E-state index in [0.29, 0.717) is 12.2 Å². The maximum absolute atomic E-state index is 14.6. The molecule has 3 rings (SSSR count). The number of thiazole rings is 1. The number of aromatic nitrogens is 1. The lowest BCUT2D eigenvalue weighted by molar-refractivity contribution is -0.683. The summed E-state index contributed by atoms with van der Waals surface area (Å²) in [5.74, 6) is -0.320. The van der Waals surface area contributed by atoms with Crippen LogP contribution >= 0.6 is 11.3 Å². The van der Waals surface area contributed by atoms with Crippen LogP contribution < -0.4 is 31.6 Å². The zero-order chi connectivity index (χ0) is 28.3. The topological polar surface area (TPSA) is 42.2 Å². The standard InChI is InChI=1S/C34H47FN2O2S.BrH/c1-2-3-4-5-6-7-8-9-10-11-12-13-14-15-23-39-33-21-18-30(25-32(33)35)26-34(38)36-31-19-16-29(17-20-31)27-37-22-24-40-28-37;/h16-22,24-25,28H,2-15,23,26-27H2,1H3;1H. The number of amides is 1. The number of benzene rings is 2. The fourth-order valence-corrected chi connectivity index (χ4v) is 5.49. The van der Waals surface area contributed by atoms with Gasteiger partial charge in [-0.3, -0.25) is 4.79 Å². The summed E-state index contributed by atoms with van der Waals surface area (Å²) >= 11 is 1.66. The highest BCUT2D eigenvalue weighted by Gasteiger charge is 2.10. The van der Waals surface area contributed by atoms with Crippen molar-refractivity contribution < 1.29 is 35.5 Å². The van der Waals surface area contributed by atoms with Gasteiger partial charge in [-0.2, -0.15) is 4.57 Å². The van der Waals surface area contributed by atoms with Crippen LogP contribution in [0.2, 0.25) is 0 Å². The van der Waals surface area contributed by atoms with E-state index >= 15 is 0 Å². The van der Waals surface area contributed by atoms with E-state index in [-0.39, 0.29) is 35.1 Å². The molecule has 1 heterocycles. The van der Waals surface area contributed by atoms with E-state index < -0.39 is 5.82 Å². The first-order valence-electron chi connectivity index (χ1n) is 15.4. The van der Waals surface area contributed by atoms with E-state index in [1.54, 1.807) is 23.5 Å². The normalized spacial score (nSPS) is 10.8. The summed E-state index contributed by atoms with van der Waals surface area (Å²) in [5.41, 5.74) is 4.58. The molecule has 1 amide bonds. The number of nitrogens with zero attached hydrogens (tertiary/aromatic N) is 1. The van der Waals surface area contributed by atoms with Crippen molar-refractivity contribution in [2.45, 2.75) is 110 Å². The predicted molar refractivity (Wildman–Crippen MR) is 165 cm³/mol. The number of ether oxygens (including phenoxy) is 1. The van der Waals surface area contributed by atoms with Gasteiger partial charge in [0.05, 0.1) is 18.4 Å². The van der Waals surface area contributed by atoms with Gasteiger partial charge in [-0.1, -0.05) is 120 Å². The van der Waals surface area contributed by atoms with Crippen molar-refractivity contribution in [3.63, 3.8) is 0 Å². The Morgan fingerprint density at radius 2 is 1.41 bits per heavy atom. The Bertz CT molecular complexity index is 1090. The van der Waals surface area contributed by atoms with Gasteiger partial charge in [0, 0.05) is 11.3 Å². The molecule has 0 saturated heterocycles. The lowest BCUT2D eigenvalue weighted by Gasteiger charge is -2.10. The van der Waals surface area contributed by atoms with Crippen LogP contribution in [0.4, 0.5) is 10.1 Å². The number of hydrogen-bond donors (Lipinski definition) is 1. The molecule has 226 valence electrons. The van der Waals surface area contributed by atoms with Gasteiger partial charge in [-0.05, 0) is 36.2 Å². The van der Waals surface area contributed by atoms with Crippen molar-refractivity contribution >= 4 is 22.9 Å². The van der Waals surface area contributed by atoms with Crippen LogP contribution in [-0.2, 0) is 17.8 Å². The van der Waals surface area contributed by atoms with Crippen molar-refractivity contribution in [2.75, 3.05) is 11.9 Å². The van der Waals surface area contributed by atoms with E-state index in [1.807, 2.05) is 35.8 Å². The maximum atomic E-state index is 14.6. The summed E-state index contributed by atoms with van der Waals surface area (Å²) in [5, 5.41) is 4.94. The van der Waals surface area contributed by atoms with E-state index in [1.165, 1.54) is 83.1 Å². The number of carbonyl (C=O) groups is 1. The number of anilines is 1. The molecule has 0 fully saturated rings. The zero-order valence-electron chi connectivity index (χ0n) is 24.7. The Balaban J connectivity index is 0.00000588. The third-order valence-corrected chi connectivity index (χ3v) is 7.92. The fourth-order valence-electron chi connectivity index (χ4n) is 4.90. The second-order valence-corrected chi connectivity index (χ2v) is 11.6. The highest BCUT2D eigenvalue weighted by atomic mass is 79.9. The van der Waals surface area contributed by atoms with Gasteiger partial charge in [0.25, 0.3) is 0 Å². The largest absolute Gasteiger partial charge is 1.00 e. The Kier molecular flexibility index (Phi) is 18.3. The van der Waals surface area contributed by atoms with Gasteiger partial charge in [-0.15, -0.1) is 0 Å². The molecule has 2 aromatic carbocycles. The van der Waals surface area contributed by atoms with E-state index in [2.05, 4.69) is 22.3 Å². The molecule has 1 N–H and O–H groups in total. The van der Waals surface area contributed by atoms with Crippen molar-refractivity contribution in [3.05, 3.63) is 76.5 Å².